The summed E-state index contributed by atoms with van der Waals surface area (Å²) >= 11 is 0. The molecule has 0 spiro atoms. The largest absolute Gasteiger partial charge is 0.398 e. The van der Waals surface area contributed by atoms with E-state index in [2.05, 4.69) is 0 Å². The molecule has 0 saturated heterocycles. The minimum Gasteiger partial charge on any atom is -0.398 e. The second-order valence-corrected chi connectivity index (χ2v) is 3.47. The van der Waals surface area contributed by atoms with Crippen molar-refractivity contribution in [1.29, 1.82) is 0 Å². The third-order valence-corrected chi connectivity index (χ3v) is 1.53. The maximum absolute atomic E-state index is 10.7. The van der Waals surface area contributed by atoms with Crippen LogP contribution in [-0.4, -0.2) is 16.7 Å². The fraction of sp³-hybridized carbons (Fsp3) is 0.857. The SMILES string of the molecule is CC1C=[N+]([O-])OC(C)(C)C1. The molecule has 1 heterocycles. The Morgan fingerprint density at radius 3 is 2.70 bits per heavy atom. The topological polar surface area (TPSA) is 35.3 Å². The minimum absolute atomic E-state index is 0.296. The predicted molar refractivity (Wildman–Crippen MR) is 38.6 cm³/mol. The maximum Gasteiger partial charge on any atom is 0.212 e. The summed E-state index contributed by atoms with van der Waals surface area (Å²) in [7, 11) is 0. The van der Waals surface area contributed by atoms with Crippen molar-refractivity contribution in [3.8, 4) is 0 Å². The molecule has 0 aromatic carbocycles. The van der Waals surface area contributed by atoms with Gasteiger partial charge in [0.1, 0.15) is 0 Å². The Labute approximate surface area is 60.8 Å². The Morgan fingerprint density at radius 2 is 2.30 bits per heavy atom. The van der Waals surface area contributed by atoms with Crippen LogP contribution >= 0.6 is 0 Å². The van der Waals surface area contributed by atoms with Gasteiger partial charge in [-0.2, -0.15) is 0 Å². The molecule has 3 heteroatoms. The van der Waals surface area contributed by atoms with Crippen molar-refractivity contribution in [3.63, 3.8) is 0 Å². The number of hydrogen-bond donors (Lipinski definition) is 0. The van der Waals surface area contributed by atoms with Crippen molar-refractivity contribution in [3.05, 3.63) is 5.21 Å². The Hall–Kier alpha value is -0.730. The van der Waals surface area contributed by atoms with Crippen molar-refractivity contribution in [1.82, 2.24) is 0 Å². The van der Waals surface area contributed by atoms with Gasteiger partial charge < -0.3 is 4.84 Å². The van der Waals surface area contributed by atoms with Crippen LogP contribution in [0, 0.1) is 11.1 Å². The van der Waals surface area contributed by atoms with E-state index in [4.69, 9.17) is 4.84 Å². The molecule has 0 amide bonds. The van der Waals surface area contributed by atoms with Crippen molar-refractivity contribution < 1.29 is 9.74 Å². The van der Waals surface area contributed by atoms with Crippen LogP contribution in [-0.2, 0) is 4.84 Å². The molecule has 0 N–H and O–H groups in total. The van der Waals surface area contributed by atoms with Crippen LogP contribution in [0.25, 0.3) is 0 Å². The zero-order valence-corrected chi connectivity index (χ0v) is 6.63. The molecule has 3 nitrogen and oxygen atoms in total. The van der Waals surface area contributed by atoms with E-state index in [1.54, 1.807) is 6.21 Å². The quantitative estimate of drug-likeness (QED) is 0.479. The van der Waals surface area contributed by atoms with Crippen LogP contribution in [0.1, 0.15) is 27.2 Å². The lowest BCUT2D eigenvalue weighted by Gasteiger charge is -2.31. The van der Waals surface area contributed by atoms with E-state index in [1.807, 2.05) is 20.8 Å². The Kier molecular flexibility index (Phi) is 1.58. The molecule has 0 bridgehead atoms. The fourth-order valence-electron chi connectivity index (χ4n) is 1.35. The molecule has 1 atom stereocenters. The molecular formula is C7H13NO2. The molecule has 0 aliphatic carbocycles. The average Bonchev–Trinajstić information content (AvgIpc) is 1.54. The van der Waals surface area contributed by atoms with Crippen LogP contribution in [0.15, 0.2) is 0 Å². The highest BCUT2D eigenvalue weighted by atomic mass is 16.9. The fourth-order valence-corrected chi connectivity index (χ4v) is 1.35. The van der Waals surface area contributed by atoms with Gasteiger partial charge in [0.05, 0.1) is 5.60 Å². The highest BCUT2D eigenvalue weighted by Gasteiger charge is 2.27. The van der Waals surface area contributed by atoms with Gasteiger partial charge in [0, 0.05) is 10.8 Å². The maximum atomic E-state index is 10.7. The van der Waals surface area contributed by atoms with Crippen LogP contribution in [0.2, 0.25) is 0 Å². The van der Waals surface area contributed by atoms with Crippen LogP contribution in [0.4, 0.5) is 0 Å². The molecule has 1 unspecified atom stereocenters. The van der Waals surface area contributed by atoms with E-state index in [9.17, 15) is 5.21 Å². The lowest BCUT2D eigenvalue weighted by atomic mass is 9.95. The molecule has 0 aromatic rings. The summed E-state index contributed by atoms with van der Waals surface area (Å²) in [5.41, 5.74) is -0.296. The molecular weight excluding hydrogens is 130 g/mol. The zero-order chi connectivity index (χ0) is 7.78. The summed E-state index contributed by atoms with van der Waals surface area (Å²) in [6.07, 6.45) is 2.46. The van der Waals surface area contributed by atoms with Crippen LogP contribution in [0.3, 0.4) is 0 Å². The number of rotatable bonds is 0. The summed E-state index contributed by atoms with van der Waals surface area (Å²) < 4.78 is 0. The molecule has 0 aromatic heterocycles. The molecule has 58 valence electrons. The molecule has 10 heavy (non-hydrogen) atoms. The first-order valence-electron chi connectivity index (χ1n) is 3.50. The summed E-state index contributed by atoms with van der Waals surface area (Å²) in [6, 6.07) is 0. The van der Waals surface area contributed by atoms with Gasteiger partial charge in [-0.05, 0) is 20.3 Å². The van der Waals surface area contributed by atoms with Crippen molar-refractivity contribution in [2.45, 2.75) is 32.8 Å². The molecule has 0 saturated carbocycles. The molecule has 1 aliphatic heterocycles. The third-order valence-electron chi connectivity index (χ3n) is 1.53. The van der Waals surface area contributed by atoms with E-state index >= 15 is 0 Å². The van der Waals surface area contributed by atoms with Gasteiger partial charge in [0.25, 0.3) is 0 Å². The summed E-state index contributed by atoms with van der Waals surface area (Å²) in [5.74, 6) is 0.321. The first kappa shape index (κ1) is 7.38. The van der Waals surface area contributed by atoms with Gasteiger partial charge in [-0.25, -0.2) is 0 Å². The highest BCUT2D eigenvalue weighted by molar-refractivity contribution is 5.54. The van der Waals surface area contributed by atoms with E-state index in [-0.39, 0.29) is 5.60 Å². The van der Waals surface area contributed by atoms with Crippen molar-refractivity contribution >= 4 is 6.21 Å². The van der Waals surface area contributed by atoms with E-state index in [1.165, 1.54) is 0 Å². The van der Waals surface area contributed by atoms with Crippen LogP contribution < -0.4 is 0 Å². The van der Waals surface area contributed by atoms with Gasteiger partial charge in [-0.15, -0.1) is 0 Å². The monoisotopic (exact) mass is 143 g/mol. The Balaban J connectivity index is 2.70. The smallest absolute Gasteiger partial charge is 0.212 e. The lowest BCUT2D eigenvalue weighted by Crippen LogP contribution is -2.36. The molecule has 0 radical (unpaired) electrons. The van der Waals surface area contributed by atoms with E-state index < -0.39 is 0 Å². The number of hydrogen-bond acceptors (Lipinski definition) is 2. The summed E-state index contributed by atoms with van der Waals surface area (Å²) in [4.78, 5) is 5.53. The van der Waals surface area contributed by atoms with E-state index in [0.29, 0.717) is 10.8 Å². The standard InChI is InChI=1S/C7H13NO2/c1-6-4-7(2,3)10-8(9)5-6/h5-6H,4H2,1-3H3. The second kappa shape index (κ2) is 2.15. The Morgan fingerprint density at radius 1 is 1.70 bits per heavy atom. The van der Waals surface area contributed by atoms with Gasteiger partial charge in [0.2, 0.25) is 6.21 Å². The van der Waals surface area contributed by atoms with Gasteiger partial charge in [-0.1, -0.05) is 6.92 Å². The molecule has 1 aliphatic rings. The van der Waals surface area contributed by atoms with Gasteiger partial charge >= 0.3 is 0 Å². The molecule has 1 rings (SSSR count). The number of nitrogens with zero attached hydrogens (tertiary/aromatic N) is 1. The van der Waals surface area contributed by atoms with E-state index in [0.717, 1.165) is 6.42 Å². The average molecular weight is 143 g/mol. The van der Waals surface area contributed by atoms with Gasteiger partial charge in [-0.3, -0.25) is 5.21 Å². The summed E-state index contributed by atoms with van der Waals surface area (Å²) in [5, 5.41) is 10.7. The van der Waals surface area contributed by atoms with Crippen molar-refractivity contribution in [2.24, 2.45) is 5.92 Å². The van der Waals surface area contributed by atoms with Crippen LogP contribution in [0.5, 0.6) is 0 Å². The van der Waals surface area contributed by atoms with Crippen molar-refractivity contribution in [2.75, 3.05) is 0 Å². The first-order valence-corrected chi connectivity index (χ1v) is 3.50. The first-order chi connectivity index (χ1) is 4.49. The third kappa shape index (κ3) is 1.62. The Bertz CT molecular complexity index is 163. The second-order valence-electron chi connectivity index (χ2n) is 3.47. The lowest BCUT2D eigenvalue weighted by molar-refractivity contribution is -0.767. The zero-order valence-electron chi connectivity index (χ0n) is 6.63. The normalized spacial score (nSPS) is 30.7. The predicted octanol–water partition coefficient (Wildman–Crippen LogP) is 1.32. The van der Waals surface area contributed by atoms with Gasteiger partial charge in [0.15, 0.2) is 0 Å². The summed E-state index contributed by atoms with van der Waals surface area (Å²) in [6.45, 7) is 5.85. The minimum atomic E-state index is -0.296. The highest BCUT2D eigenvalue weighted by Crippen LogP contribution is 2.22. The molecule has 0 fully saturated rings.